The summed E-state index contributed by atoms with van der Waals surface area (Å²) in [5.74, 6) is 0. The molecule has 3 nitrogen and oxygen atoms in total. The van der Waals surface area contributed by atoms with Crippen LogP contribution in [-0.4, -0.2) is 22.7 Å². The highest BCUT2D eigenvalue weighted by Crippen LogP contribution is 1.97. The van der Waals surface area contributed by atoms with Gasteiger partial charge in [0.25, 0.3) is 0 Å². The summed E-state index contributed by atoms with van der Waals surface area (Å²) in [6.07, 6.45) is 0. The Morgan fingerprint density at radius 2 is 2.10 bits per heavy atom. The lowest BCUT2D eigenvalue weighted by Crippen LogP contribution is -1.88. The SMILES string of the molecule is [NH-]/C(Br)=N\C(Br)=NCCF. The summed E-state index contributed by atoms with van der Waals surface area (Å²) in [6, 6.07) is 0. The van der Waals surface area contributed by atoms with Crippen LogP contribution in [0.5, 0.6) is 0 Å². The first kappa shape index (κ1) is 10.0. The summed E-state index contributed by atoms with van der Waals surface area (Å²) in [7, 11) is 0. The van der Waals surface area contributed by atoms with Gasteiger partial charge in [-0.3, -0.25) is 4.99 Å². The fourth-order valence-corrected chi connectivity index (χ4v) is 1.01. The molecule has 0 spiro atoms. The van der Waals surface area contributed by atoms with Crippen LogP contribution in [0.15, 0.2) is 9.98 Å². The topological polar surface area (TPSA) is 48.5 Å². The van der Waals surface area contributed by atoms with Gasteiger partial charge in [0.1, 0.15) is 6.67 Å². The molecule has 0 aliphatic carbocycles. The van der Waals surface area contributed by atoms with E-state index >= 15 is 0 Å². The van der Waals surface area contributed by atoms with E-state index < -0.39 is 6.67 Å². The predicted molar refractivity (Wildman–Crippen MR) is 47.9 cm³/mol. The van der Waals surface area contributed by atoms with E-state index in [1.807, 2.05) is 0 Å². The van der Waals surface area contributed by atoms with Crippen molar-refractivity contribution in [3.8, 4) is 0 Å². The molecule has 6 heteroatoms. The summed E-state index contributed by atoms with van der Waals surface area (Å²) in [4.78, 5) is 7.12. The van der Waals surface area contributed by atoms with Gasteiger partial charge in [-0.2, -0.15) is 0 Å². The number of nitrogens with one attached hydrogen (secondary N) is 1. The Kier molecular flexibility index (Phi) is 5.81. The number of halogens is 3. The second-order valence-corrected chi connectivity index (χ2v) is 2.70. The maximum Gasteiger partial charge on any atom is 0.109 e. The van der Waals surface area contributed by atoms with Crippen LogP contribution in [0.2, 0.25) is 0 Å². The number of nitrogens with zero attached hydrogens (tertiary/aromatic N) is 2. The average Bonchev–Trinajstić information content (AvgIpc) is 1.82. The third kappa shape index (κ3) is 6.15. The van der Waals surface area contributed by atoms with Crippen molar-refractivity contribution in [3.63, 3.8) is 0 Å². The number of hydrogen-bond acceptors (Lipinski definition) is 1. The van der Waals surface area contributed by atoms with E-state index in [1.165, 1.54) is 0 Å². The number of amidine groups is 2. The lowest BCUT2D eigenvalue weighted by Gasteiger charge is -1.99. The number of hydrogen-bond donors (Lipinski definition) is 0. The minimum absolute atomic E-state index is 0.0398. The van der Waals surface area contributed by atoms with Crippen molar-refractivity contribution in [2.75, 3.05) is 13.2 Å². The predicted octanol–water partition coefficient (Wildman–Crippen LogP) is 2.51. The first-order valence-electron chi connectivity index (χ1n) is 2.38. The molecule has 0 heterocycles. The molecule has 0 aromatic rings. The van der Waals surface area contributed by atoms with E-state index in [0.717, 1.165) is 0 Å². The molecule has 1 N–H and O–H groups in total. The zero-order chi connectivity index (χ0) is 7.98. The van der Waals surface area contributed by atoms with Gasteiger partial charge in [-0.1, -0.05) is 15.9 Å². The van der Waals surface area contributed by atoms with Gasteiger partial charge in [0.15, 0.2) is 0 Å². The van der Waals surface area contributed by atoms with E-state index in [0.29, 0.717) is 0 Å². The normalized spacial score (nSPS) is 13.9. The Labute approximate surface area is 74.9 Å². The molecule has 0 rings (SSSR count). The zero-order valence-corrected chi connectivity index (χ0v) is 8.11. The Balaban J connectivity index is 3.82. The van der Waals surface area contributed by atoms with Gasteiger partial charge in [0.05, 0.1) is 11.3 Å². The van der Waals surface area contributed by atoms with E-state index in [4.69, 9.17) is 5.73 Å². The highest BCUT2D eigenvalue weighted by atomic mass is 79.9. The quantitative estimate of drug-likeness (QED) is 0.422. The summed E-state index contributed by atoms with van der Waals surface area (Å²) in [5, 5.41) is 0. The van der Waals surface area contributed by atoms with Gasteiger partial charge in [-0.25, -0.2) is 4.39 Å². The van der Waals surface area contributed by atoms with Crippen molar-refractivity contribution in [2.24, 2.45) is 9.98 Å². The minimum Gasteiger partial charge on any atom is -0.476 e. The molecule has 0 aromatic carbocycles. The largest absolute Gasteiger partial charge is 0.476 e. The maximum atomic E-state index is 11.5. The zero-order valence-electron chi connectivity index (χ0n) is 4.94. The van der Waals surface area contributed by atoms with Crippen molar-refractivity contribution in [3.05, 3.63) is 5.73 Å². The van der Waals surface area contributed by atoms with Crippen LogP contribution < -0.4 is 0 Å². The first-order valence-corrected chi connectivity index (χ1v) is 3.97. The van der Waals surface area contributed by atoms with Crippen molar-refractivity contribution >= 4 is 41.3 Å². The standard InChI is InChI=1S/C4H5Br2FN3/c5-3(8)10-4(6)9-2-1-7/h1-2H2,(H-,8,9,10)/q-1. The van der Waals surface area contributed by atoms with E-state index in [1.54, 1.807) is 0 Å². The number of alkyl halides is 1. The summed E-state index contributed by atoms with van der Waals surface area (Å²) in [6.45, 7) is -0.440. The van der Waals surface area contributed by atoms with Crippen LogP contribution in [0, 0.1) is 0 Å². The third-order valence-corrected chi connectivity index (χ3v) is 1.12. The third-order valence-electron chi connectivity index (χ3n) is 0.517. The summed E-state index contributed by atoms with van der Waals surface area (Å²) in [5.41, 5.74) is 6.81. The van der Waals surface area contributed by atoms with Gasteiger partial charge in [0.2, 0.25) is 0 Å². The molecule has 0 amide bonds. The Bertz CT molecular complexity index is 153. The molecule has 0 unspecified atom stereocenters. The molecule has 0 fully saturated rings. The molecule has 0 aliphatic heterocycles. The van der Waals surface area contributed by atoms with E-state index in [9.17, 15) is 4.39 Å². The summed E-state index contributed by atoms with van der Waals surface area (Å²) < 4.78 is 11.6. The molecule has 0 saturated carbocycles. The Morgan fingerprint density at radius 3 is 2.50 bits per heavy atom. The number of rotatable bonds is 2. The van der Waals surface area contributed by atoms with Crippen molar-refractivity contribution < 1.29 is 4.39 Å². The van der Waals surface area contributed by atoms with Crippen molar-refractivity contribution in [1.29, 1.82) is 0 Å². The average molecular weight is 274 g/mol. The van der Waals surface area contributed by atoms with Crippen molar-refractivity contribution in [2.45, 2.75) is 0 Å². The van der Waals surface area contributed by atoms with Crippen molar-refractivity contribution in [1.82, 2.24) is 0 Å². The van der Waals surface area contributed by atoms with Crippen LogP contribution >= 0.6 is 31.9 Å². The Morgan fingerprint density at radius 1 is 1.50 bits per heavy atom. The van der Waals surface area contributed by atoms with E-state index in [2.05, 4.69) is 41.8 Å². The van der Waals surface area contributed by atoms with Gasteiger partial charge in [-0.15, -0.1) is 0 Å². The van der Waals surface area contributed by atoms with Crippen LogP contribution in [0.25, 0.3) is 5.73 Å². The second-order valence-electron chi connectivity index (χ2n) is 1.24. The molecule has 0 aliphatic rings. The monoisotopic (exact) mass is 272 g/mol. The molecule has 0 bridgehead atoms. The fourth-order valence-electron chi connectivity index (χ4n) is 0.251. The molecule has 10 heavy (non-hydrogen) atoms. The first-order chi connectivity index (χ1) is 4.66. The van der Waals surface area contributed by atoms with Gasteiger partial charge in [0, 0.05) is 0 Å². The molecule has 0 atom stereocenters. The minimum atomic E-state index is -0.514. The second kappa shape index (κ2) is 5.79. The molecular weight excluding hydrogens is 269 g/mol. The van der Waals surface area contributed by atoms with Crippen LogP contribution in [0.1, 0.15) is 0 Å². The lowest BCUT2D eigenvalue weighted by molar-refractivity contribution is 0.505. The molecule has 58 valence electrons. The van der Waals surface area contributed by atoms with E-state index in [-0.39, 0.29) is 16.0 Å². The van der Waals surface area contributed by atoms with Gasteiger partial charge in [-0.05, 0) is 20.7 Å². The lowest BCUT2D eigenvalue weighted by atomic mass is 10.8. The van der Waals surface area contributed by atoms with Crippen LogP contribution in [-0.2, 0) is 0 Å². The smallest absolute Gasteiger partial charge is 0.109 e. The van der Waals surface area contributed by atoms with Gasteiger partial charge >= 0.3 is 0 Å². The summed E-state index contributed by atoms with van der Waals surface area (Å²) >= 11 is 5.70. The fraction of sp³-hybridized carbons (Fsp3) is 0.500. The maximum absolute atomic E-state index is 11.5. The number of aliphatic imine (C=N–C) groups is 2. The van der Waals surface area contributed by atoms with Gasteiger partial charge < -0.3 is 10.7 Å². The van der Waals surface area contributed by atoms with Crippen LogP contribution in [0.4, 0.5) is 4.39 Å². The highest BCUT2D eigenvalue weighted by Gasteiger charge is 1.80. The van der Waals surface area contributed by atoms with Crippen LogP contribution in [0.3, 0.4) is 0 Å². The molecule has 0 radical (unpaired) electrons. The molecule has 0 aromatic heterocycles. The molecule has 0 saturated heterocycles. The Hall–Kier alpha value is 0.0300. The highest BCUT2D eigenvalue weighted by molar-refractivity contribution is 9.19. The molecular formula is C4H5Br2FN3-.